The van der Waals surface area contributed by atoms with E-state index in [0.29, 0.717) is 29.4 Å². The number of hydrogen-bond acceptors (Lipinski definition) is 4. The molecule has 132 valence electrons. The van der Waals surface area contributed by atoms with Gasteiger partial charge in [0.15, 0.2) is 5.96 Å². The van der Waals surface area contributed by atoms with E-state index in [2.05, 4.69) is 15.6 Å². The van der Waals surface area contributed by atoms with E-state index in [1.54, 1.807) is 19.1 Å². The van der Waals surface area contributed by atoms with Gasteiger partial charge in [-0.2, -0.15) is 5.26 Å². The van der Waals surface area contributed by atoms with Crippen molar-refractivity contribution >= 4 is 5.96 Å². The van der Waals surface area contributed by atoms with Gasteiger partial charge < -0.3 is 20.2 Å². The van der Waals surface area contributed by atoms with Crippen LogP contribution in [0.2, 0.25) is 0 Å². The Labute approximate surface area is 146 Å². The summed E-state index contributed by atoms with van der Waals surface area (Å²) in [4.78, 5) is 4.31. The SMILES string of the molecule is CCNC(=NCc1cc(C#N)ccc1F)NCC(C)(O)c1ccco1. The van der Waals surface area contributed by atoms with Crippen LogP contribution in [0.1, 0.15) is 30.7 Å². The smallest absolute Gasteiger partial charge is 0.191 e. The summed E-state index contributed by atoms with van der Waals surface area (Å²) in [5, 5.41) is 25.4. The molecular formula is C18H21FN4O2. The third-order valence-electron chi connectivity index (χ3n) is 3.58. The second-order valence-corrected chi connectivity index (χ2v) is 5.72. The van der Waals surface area contributed by atoms with E-state index < -0.39 is 11.4 Å². The number of hydrogen-bond donors (Lipinski definition) is 3. The molecule has 0 amide bonds. The fourth-order valence-corrected chi connectivity index (χ4v) is 2.20. The highest BCUT2D eigenvalue weighted by Gasteiger charge is 2.26. The monoisotopic (exact) mass is 344 g/mol. The van der Waals surface area contributed by atoms with Gasteiger partial charge in [0.05, 0.1) is 31.0 Å². The number of halogens is 1. The van der Waals surface area contributed by atoms with E-state index in [1.807, 2.05) is 13.0 Å². The average molecular weight is 344 g/mol. The van der Waals surface area contributed by atoms with Crippen LogP contribution in [0.3, 0.4) is 0 Å². The molecule has 7 heteroatoms. The fourth-order valence-electron chi connectivity index (χ4n) is 2.20. The van der Waals surface area contributed by atoms with Gasteiger partial charge in [-0.1, -0.05) is 0 Å². The lowest BCUT2D eigenvalue weighted by atomic mass is 10.0. The molecule has 1 atom stereocenters. The summed E-state index contributed by atoms with van der Waals surface area (Å²) in [7, 11) is 0. The first-order valence-corrected chi connectivity index (χ1v) is 7.93. The molecule has 0 radical (unpaired) electrons. The number of nitrogens with zero attached hydrogens (tertiary/aromatic N) is 2. The Morgan fingerprint density at radius 1 is 1.40 bits per heavy atom. The van der Waals surface area contributed by atoms with Crippen LogP contribution >= 0.6 is 0 Å². The molecule has 0 spiro atoms. The molecule has 1 unspecified atom stereocenters. The molecule has 1 heterocycles. The summed E-state index contributed by atoms with van der Waals surface area (Å²) in [6.45, 7) is 4.36. The molecule has 1 aromatic heterocycles. The molecule has 0 saturated carbocycles. The number of nitriles is 1. The second kappa shape index (κ2) is 8.31. The van der Waals surface area contributed by atoms with E-state index in [1.165, 1.54) is 24.5 Å². The Balaban J connectivity index is 2.07. The van der Waals surface area contributed by atoms with E-state index in [0.717, 1.165) is 0 Å². The Morgan fingerprint density at radius 2 is 2.20 bits per heavy atom. The highest BCUT2D eigenvalue weighted by Crippen LogP contribution is 2.19. The van der Waals surface area contributed by atoms with Crippen molar-refractivity contribution in [2.24, 2.45) is 4.99 Å². The van der Waals surface area contributed by atoms with Gasteiger partial charge in [-0.25, -0.2) is 9.38 Å². The van der Waals surface area contributed by atoms with Crippen LogP contribution in [0.4, 0.5) is 4.39 Å². The zero-order valence-corrected chi connectivity index (χ0v) is 14.2. The maximum Gasteiger partial charge on any atom is 0.191 e. The molecule has 1 aromatic carbocycles. The van der Waals surface area contributed by atoms with Gasteiger partial charge in [-0.3, -0.25) is 0 Å². The lowest BCUT2D eigenvalue weighted by Crippen LogP contribution is -2.44. The Kier molecular flexibility index (Phi) is 6.14. The third kappa shape index (κ3) is 5.06. The quantitative estimate of drug-likeness (QED) is 0.552. The first-order chi connectivity index (χ1) is 12.0. The van der Waals surface area contributed by atoms with Crippen molar-refractivity contribution in [2.45, 2.75) is 26.0 Å². The van der Waals surface area contributed by atoms with Crippen molar-refractivity contribution in [3.63, 3.8) is 0 Å². The van der Waals surface area contributed by atoms with Crippen molar-refractivity contribution in [3.8, 4) is 6.07 Å². The molecular weight excluding hydrogens is 323 g/mol. The zero-order valence-electron chi connectivity index (χ0n) is 14.2. The highest BCUT2D eigenvalue weighted by atomic mass is 19.1. The topological polar surface area (TPSA) is 93.6 Å². The predicted molar refractivity (Wildman–Crippen MR) is 92.2 cm³/mol. The van der Waals surface area contributed by atoms with Crippen LogP contribution in [0.25, 0.3) is 0 Å². The average Bonchev–Trinajstić information content (AvgIpc) is 3.14. The fraction of sp³-hybridized carbons (Fsp3) is 0.333. The Morgan fingerprint density at radius 3 is 2.84 bits per heavy atom. The summed E-state index contributed by atoms with van der Waals surface area (Å²) < 4.78 is 19.1. The highest BCUT2D eigenvalue weighted by molar-refractivity contribution is 5.79. The number of aliphatic imine (C=N–C) groups is 1. The first kappa shape index (κ1) is 18.5. The molecule has 0 fully saturated rings. The van der Waals surface area contributed by atoms with E-state index in [4.69, 9.17) is 9.68 Å². The molecule has 6 nitrogen and oxygen atoms in total. The van der Waals surface area contributed by atoms with Gasteiger partial charge in [-0.05, 0) is 44.2 Å². The normalized spacial score (nSPS) is 13.8. The van der Waals surface area contributed by atoms with Crippen LogP contribution in [0.15, 0.2) is 46.0 Å². The van der Waals surface area contributed by atoms with Crippen molar-refractivity contribution in [3.05, 3.63) is 59.3 Å². The summed E-state index contributed by atoms with van der Waals surface area (Å²) >= 11 is 0. The lowest BCUT2D eigenvalue weighted by molar-refractivity contribution is 0.0386. The largest absolute Gasteiger partial charge is 0.466 e. The van der Waals surface area contributed by atoms with Gasteiger partial charge in [0.1, 0.15) is 17.2 Å². The van der Waals surface area contributed by atoms with Gasteiger partial charge in [0.2, 0.25) is 0 Å². The molecule has 0 aliphatic carbocycles. The zero-order chi connectivity index (χ0) is 18.3. The lowest BCUT2D eigenvalue weighted by Gasteiger charge is -2.22. The minimum Gasteiger partial charge on any atom is -0.466 e. The van der Waals surface area contributed by atoms with Gasteiger partial charge in [0.25, 0.3) is 0 Å². The standard InChI is InChI=1S/C18H21FN4O2/c1-3-21-17(23-12-18(2,24)16-5-4-8-25-16)22-11-14-9-13(10-20)6-7-15(14)19/h4-9,24H,3,11-12H2,1-2H3,(H2,21,22,23). The van der Waals surface area contributed by atoms with Crippen LogP contribution in [-0.2, 0) is 12.1 Å². The van der Waals surface area contributed by atoms with Gasteiger partial charge >= 0.3 is 0 Å². The molecule has 0 aliphatic heterocycles. The first-order valence-electron chi connectivity index (χ1n) is 7.93. The van der Waals surface area contributed by atoms with Gasteiger partial charge in [0, 0.05) is 12.1 Å². The van der Waals surface area contributed by atoms with Crippen molar-refractivity contribution in [1.82, 2.24) is 10.6 Å². The molecule has 3 N–H and O–H groups in total. The minimum atomic E-state index is -1.22. The molecule has 25 heavy (non-hydrogen) atoms. The van der Waals surface area contributed by atoms with Crippen molar-refractivity contribution in [2.75, 3.05) is 13.1 Å². The number of aliphatic hydroxyl groups is 1. The number of rotatable bonds is 6. The van der Waals surface area contributed by atoms with E-state index in [9.17, 15) is 9.50 Å². The van der Waals surface area contributed by atoms with Crippen LogP contribution in [0, 0.1) is 17.1 Å². The molecule has 2 aromatic rings. The predicted octanol–water partition coefficient (Wildman–Crippen LogP) is 2.25. The Bertz CT molecular complexity index is 764. The third-order valence-corrected chi connectivity index (χ3v) is 3.58. The van der Waals surface area contributed by atoms with Crippen molar-refractivity contribution in [1.29, 1.82) is 5.26 Å². The molecule has 2 rings (SSSR count). The van der Waals surface area contributed by atoms with Crippen LogP contribution < -0.4 is 10.6 Å². The summed E-state index contributed by atoms with van der Waals surface area (Å²) in [5.74, 6) is 0.445. The van der Waals surface area contributed by atoms with E-state index in [-0.39, 0.29) is 13.1 Å². The minimum absolute atomic E-state index is 0.0690. The summed E-state index contributed by atoms with van der Waals surface area (Å²) in [6, 6.07) is 9.52. The molecule has 0 bridgehead atoms. The summed E-state index contributed by atoms with van der Waals surface area (Å²) in [5.41, 5.74) is -0.509. The molecule has 0 saturated heterocycles. The Hall–Kier alpha value is -2.85. The number of guanidine groups is 1. The number of furan rings is 1. The van der Waals surface area contributed by atoms with Gasteiger partial charge in [-0.15, -0.1) is 0 Å². The molecule has 0 aliphatic rings. The van der Waals surface area contributed by atoms with Crippen LogP contribution in [-0.4, -0.2) is 24.2 Å². The van der Waals surface area contributed by atoms with Crippen molar-refractivity contribution < 1.29 is 13.9 Å². The maximum atomic E-state index is 13.8. The second-order valence-electron chi connectivity index (χ2n) is 5.72. The maximum absolute atomic E-state index is 13.8. The van der Waals surface area contributed by atoms with E-state index >= 15 is 0 Å². The van der Waals surface area contributed by atoms with Crippen LogP contribution in [0.5, 0.6) is 0 Å². The summed E-state index contributed by atoms with van der Waals surface area (Å²) in [6.07, 6.45) is 1.49. The number of nitrogens with one attached hydrogen (secondary N) is 2. The number of benzene rings is 1.